The zero-order chi connectivity index (χ0) is 23.4. The monoisotopic (exact) mass is 453 g/mol. The van der Waals surface area contributed by atoms with Gasteiger partial charge in [-0.15, -0.1) is 0 Å². The van der Waals surface area contributed by atoms with E-state index in [2.05, 4.69) is 32.8 Å². The third-order valence-electron chi connectivity index (χ3n) is 5.98. The van der Waals surface area contributed by atoms with Gasteiger partial charge in [-0.3, -0.25) is 4.79 Å². The molecule has 2 aromatic heterocycles. The van der Waals surface area contributed by atoms with E-state index in [1.807, 2.05) is 6.07 Å². The number of aromatic nitrogens is 2. The lowest BCUT2D eigenvalue weighted by atomic mass is 9.91. The van der Waals surface area contributed by atoms with Crippen molar-refractivity contribution < 1.29 is 19.1 Å². The number of anilines is 2. The molecular weight excluding hydrogens is 425 g/mol. The van der Waals surface area contributed by atoms with E-state index in [4.69, 9.17) is 5.11 Å². The van der Waals surface area contributed by atoms with Crippen LogP contribution in [0, 0.1) is 5.82 Å². The van der Waals surface area contributed by atoms with Gasteiger partial charge in [0, 0.05) is 35.0 Å². The summed E-state index contributed by atoms with van der Waals surface area (Å²) >= 11 is 0. The Hall–Kier alpha value is -3.62. The van der Waals surface area contributed by atoms with Crippen LogP contribution in [0.15, 0.2) is 36.5 Å². The smallest absolute Gasteiger partial charge is 0.404 e. The maximum absolute atomic E-state index is 13.2. The van der Waals surface area contributed by atoms with Gasteiger partial charge in [-0.1, -0.05) is 13.3 Å². The number of carbonyl (C=O) groups excluding carboxylic acids is 1. The maximum atomic E-state index is 13.2. The molecule has 1 saturated carbocycles. The summed E-state index contributed by atoms with van der Waals surface area (Å²) in [5, 5.41) is 18.7. The summed E-state index contributed by atoms with van der Waals surface area (Å²) in [5.41, 5.74) is 3.36. The fourth-order valence-electron chi connectivity index (χ4n) is 4.35. The van der Waals surface area contributed by atoms with Crippen LogP contribution in [0.1, 0.15) is 55.1 Å². The molecule has 0 spiro atoms. The molecule has 1 aromatic carbocycles. The zero-order valence-electron chi connectivity index (χ0n) is 18.5. The van der Waals surface area contributed by atoms with Crippen molar-refractivity contribution in [3.8, 4) is 0 Å². The van der Waals surface area contributed by atoms with E-state index in [0.29, 0.717) is 22.6 Å². The molecule has 5 N–H and O–H groups in total. The molecule has 8 nitrogen and oxygen atoms in total. The van der Waals surface area contributed by atoms with Gasteiger partial charge in [0.15, 0.2) is 0 Å². The van der Waals surface area contributed by atoms with Crippen LogP contribution < -0.4 is 16.0 Å². The number of fused-ring (bicyclic) bond motifs is 1. The second kappa shape index (κ2) is 9.89. The number of rotatable bonds is 7. The molecule has 3 aromatic rings. The molecule has 0 bridgehead atoms. The molecule has 33 heavy (non-hydrogen) atoms. The Kier molecular flexibility index (Phi) is 6.76. The molecule has 2 heterocycles. The summed E-state index contributed by atoms with van der Waals surface area (Å²) in [5.74, 6) is -0.708. The summed E-state index contributed by atoms with van der Waals surface area (Å²) in [4.78, 5) is 31.9. The number of pyridine rings is 1. The lowest BCUT2D eigenvalue weighted by Crippen LogP contribution is -2.39. The van der Waals surface area contributed by atoms with Gasteiger partial charge < -0.3 is 26.0 Å². The molecule has 0 atom stereocenters. The normalized spacial score (nSPS) is 18.1. The van der Waals surface area contributed by atoms with Gasteiger partial charge in [-0.05, 0) is 62.4 Å². The van der Waals surface area contributed by atoms with E-state index in [0.717, 1.165) is 49.6 Å². The van der Waals surface area contributed by atoms with Crippen LogP contribution in [0.3, 0.4) is 0 Å². The third-order valence-corrected chi connectivity index (χ3v) is 5.98. The number of hydrogen-bond donors (Lipinski definition) is 5. The van der Waals surface area contributed by atoms with E-state index in [9.17, 15) is 14.0 Å². The number of halogens is 1. The maximum Gasteiger partial charge on any atom is 0.404 e. The number of aryl methyl sites for hydroxylation is 1. The van der Waals surface area contributed by atoms with Crippen molar-refractivity contribution in [2.24, 2.45) is 0 Å². The fraction of sp³-hybridized carbons (Fsp3) is 0.375. The molecule has 9 heteroatoms. The molecule has 0 aliphatic heterocycles. The van der Waals surface area contributed by atoms with Crippen molar-refractivity contribution in [3.63, 3.8) is 0 Å². The molecule has 2 amide bonds. The summed E-state index contributed by atoms with van der Waals surface area (Å²) in [7, 11) is 0. The fourth-order valence-corrected chi connectivity index (χ4v) is 4.35. The minimum Gasteiger partial charge on any atom is -0.465 e. The first-order valence-electron chi connectivity index (χ1n) is 11.3. The Morgan fingerprint density at radius 2 is 1.85 bits per heavy atom. The van der Waals surface area contributed by atoms with Crippen molar-refractivity contribution in [1.82, 2.24) is 15.3 Å². The van der Waals surface area contributed by atoms with Crippen LogP contribution in [0.25, 0.3) is 11.0 Å². The minimum atomic E-state index is -1.00. The molecule has 174 valence electrons. The van der Waals surface area contributed by atoms with Crippen molar-refractivity contribution >= 4 is 34.4 Å². The van der Waals surface area contributed by atoms with E-state index in [1.54, 1.807) is 6.20 Å². The number of H-pyrrole nitrogens is 1. The Morgan fingerprint density at radius 1 is 1.15 bits per heavy atom. The summed E-state index contributed by atoms with van der Waals surface area (Å²) in [6.07, 6.45) is 5.41. The number of nitrogens with one attached hydrogen (secondary N) is 4. The topological polar surface area (TPSA) is 119 Å². The summed E-state index contributed by atoms with van der Waals surface area (Å²) in [6.45, 7) is 2.10. The van der Waals surface area contributed by atoms with Gasteiger partial charge >= 0.3 is 6.09 Å². The minimum absolute atomic E-state index is 0.0531. The number of benzene rings is 1. The number of carbonyl (C=O) groups is 2. The van der Waals surface area contributed by atoms with Crippen LogP contribution in [0.5, 0.6) is 0 Å². The number of aromatic amines is 1. The second-order valence-corrected chi connectivity index (χ2v) is 8.46. The standard InChI is InChI=1S/C24H28FN5O3/c1-2-3-18-12-19-21(27-15-8-10-17(11-9-15)30-24(32)33)20(13-26-22(19)28-18)23(31)29-16-6-4-14(25)5-7-16/h4-7,12-13,15,17,30H,2-3,8-11H2,1H3,(H,29,31)(H,32,33)(H2,26,27,28). The number of amides is 2. The van der Waals surface area contributed by atoms with Crippen LogP contribution >= 0.6 is 0 Å². The number of hydrogen-bond acceptors (Lipinski definition) is 4. The lowest BCUT2D eigenvalue weighted by molar-refractivity contribution is 0.102. The van der Waals surface area contributed by atoms with Crippen LogP contribution in [0.2, 0.25) is 0 Å². The van der Waals surface area contributed by atoms with Crippen molar-refractivity contribution in [1.29, 1.82) is 0 Å². The Morgan fingerprint density at radius 3 is 2.52 bits per heavy atom. The first-order valence-corrected chi connectivity index (χ1v) is 11.3. The molecule has 1 aliphatic carbocycles. The molecular formula is C24H28FN5O3. The van der Waals surface area contributed by atoms with Crippen LogP contribution in [-0.4, -0.2) is 39.2 Å². The highest BCUT2D eigenvalue weighted by Crippen LogP contribution is 2.31. The first-order chi connectivity index (χ1) is 15.9. The molecule has 1 fully saturated rings. The van der Waals surface area contributed by atoms with Gasteiger partial charge in [-0.25, -0.2) is 14.2 Å². The molecule has 0 unspecified atom stereocenters. The van der Waals surface area contributed by atoms with Gasteiger partial charge in [-0.2, -0.15) is 0 Å². The highest BCUT2D eigenvalue weighted by atomic mass is 19.1. The van der Waals surface area contributed by atoms with Gasteiger partial charge in [0.1, 0.15) is 11.5 Å². The average molecular weight is 454 g/mol. The number of nitrogens with zero attached hydrogens (tertiary/aromatic N) is 1. The lowest BCUT2D eigenvalue weighted by Gasteiger charge is -2.30. The molecule has 4 rings (SSSR count). The van der Waals surface area contributed by atoms with Crippen molar-refractivity contribution in [3.05, 3.63) is 53.6 Å². The zero-order valence-corrected chi connectivity index (χ0v) is 18.5. The predicted molar refractivity (Wildman–Crippen MR) is 125 cm³/mol. The van der Waals surface area contributed by atoms with Crippen molar-refractivity contribution in [2.75, 3.05) is 10.6 Å². The highest BCUT2D eigenvalue weighted by Gasteiger charge is 2.25. The summed E-state index contributed by atoms with van der Waals surface area (Å²) in [6, 6.07) is 7.69. The van der Waals surface area contributed by atoms with Gasteiger partial charge in [0.05, 0.1) is 11.3 Å². The Balaban J connectivity index is 1.60. The average Bonchev–Trinajstić information content (AvgIpc) is 3.20. The largest absolute Gasteiger partial charge is 0.465 e. The third kappa shape index (κ3) is 5.42. The first kappa shape index (κ1) is 22.6. The van der Waals surface area contributed by atoms with Gasteiger partial charge in [0.25, 0.3) is 5.91 Å². The summed E-state index contributed by atoms with van der Waals surface area (Å²) < 4.78 is 13.2. The van der Waals surface area contributed by atoms with Gasteiger partial charge in [0.2, 0.25) is 0 Å². The predicted octanol–water partition coefficient (Wildman–Crippen LogP) is 4.90. The Bertz CT molecular complexity index is 1140. The SMILES string of the molecule is CCCc1cc2c(NC3CCC(NC(=O)O)CC3)c(C(=O)Nc3ccc(F)cc3)cnc2[nH]1. The molecule has 0 saturated heterocycles. The quantitative estimate of drug-likeness (QED) is 0.349. The second-order valence-electron chi connectivity index (χ2n) is 8.46. The molecule has 0 radical (unpaired) electrons. The van der Waals surface area contributed by atoms with E-state index in [1.165, 1.54) is 24.3 Å². The number of carboxylic acid groups (broad SMARTS) is 1. The highest BCUT2D eigenvalue weighted by molar-refractivity contribution is 6.12. The van der Waals surface area contributed by atoms with E-state index >= 15 is 0 Å². The van der Waals surface area contributed by atoms with Crippen molar-refractivity contribution in [2.45, 2.75) is 57.5 Å². The van der Waals surface area contributed by atoms with Crippen LogP contribution in [0.4, 0.5) is 20.6 Å². The Labute approximate surface area is 191 Å². The van der Waals surface area contributed by atoms with E-state index in [-0.39, 0.29) is 23.8 Å². The van der Waals surface area contributed by atoms with Crippen LogP contribution in [-0.2, 0) is 6.42 Å². The molecule has 1 aliphatic rings. The van der Waals surface area contributed by atoms with E-state index < -0.39 is 6.09 Å².